The molecule has 2 N–H and O–H groups in total. The van der Waals surface area contributed by atoms with Gasteiger partial charge in [-0.3, -0.25) is 10.1 Å². The number of benzene rings is 1. The van der Waals surface area contributed by atoms with Crippen molar-refractivity contribution in [1.29, 1.82) is 0 Å². The Morgan fingerprint density at radius 2 is 1.79 bits per heavy atom. The Hall–Kier alpha value is -2.60. The molecule has 2 aromatic rings. The number of anilines is 1. The highest BCUT2D eigenvalue weighted by Crippen LogP contribution is 2.24. The van der Waals surface area contributed by atoms with Gasteiger partial charge in [-0.1, -0.05) is 0 Å². The van der Waals surface area contributed by atoms with E-state index in [0.29, 0.717) is 10.8 Å². The predicted molar refractivity (Wildman–Crippen MR) is 101 cm³/mol. The zero-order chi connectivity index (χ0) is 17.4. The van der Waals surface area contributed by atoms with E-state index in [2.05, 4.69) is 57.4 Å². The molecule has 2 heterocycles. The zero-order valence-corrected chi connectivity index (χ0v) is 15.0. The summed E-state index contributed by atoms with van der Waals surface area (Å²) in [5, 5.41) is 5.81. The number of nitrogens with zero attached hydrogens (tertiary/aromatic N) is 2. The molecule has 3 rings (SSSR count). The lowest BCUT2D eigenvalue weighted by atomic mass is 10.2. The molecular weight excluding hydrogens is 320 g/mol. The number of hydrogen-bond acceptors (Lipinski definition) is 3. The minimum Gasteiger partial charge on any atom is -0.378 e. The highest BCUT2D eigenvalue weighted by Gasteiger charge is 2.21. The van der Waals surface area contributed by atoms with E-state index in [4.69, 9.17) is 12.2 Å². The molecule has 0 bridgehead atoms. The van der Waals surface area contributed by atoms with Crippen molar-refractivity contribution in [3.05, 3.63) is 53.0 Å². The maximum atomic E-state index is 11.8. The van der Waals surface area contributed by atoms with Gasteiger partial charge in [0, 0.05) is 36.9 Å². The number of carbonyl (C=O) groups is 1. The minimum absolute atomic E-state index is 0.194. The summed E-state index contributed by atoms with van der Waals surface area (Å²) in [6.45, 7) is 4.10. The Morgan fingerprint density at radius 1 is 1.12 bits per heavy atom. The van der Waals surface area contributed by atoms with Crippen LogP contribution in [0.4, 0.5) is 5.69 Å². The predicted octanol–water partition coefficient (Wildman–Crippen LogP) is 2.51. The van der Waals surface area contributed by atoms with Crippen molar-refractivity contribution in [2.45, 2.75) is 13.8 Å². The number of aromatic nitrogens is 1. The molecule has 1 saturated heterocycles. The van der Waals surface area contributed by atoms with Crippen molar-refractivity contribution in [1.82, 2.24) is 15.2 Å². The number of hydrogen-bond donors (Lipinski definition) is 2. The van der Waals surface area contributed by atoms with Crippen LogP contribution in [0.15, 0.2) is 36.0 Å². The third-order valence-corrected chi connectivity index (χ3v) is 4.32. The van der Waals surface area contributed by atoms with Crippen molar-refractivity contribution < 1.29 is 4.79 Å². The smallest absolute Gasteiger partial charge is 0.273 e. The average Bonchev–Trinajstić information content (AvgIpc) is 2.98. The number of aryl methyl sites for hydroxylation is 1. The van der Waals surface area contributed by atoms with E-state index in [0.717, 1.165) is 28.3 Å². The molecule has 1 aromatic carbocycles. The van der Waals surface area contributed by atoms with E-state index in [1.54, 1.807) is 0 Å². The van der Waals surface area contributed by atoms with Crippen molar-refractivity contribution in [3.8, 4) is 5.69 Å². The fraction of sp³-hybridized carbons (Fsp3) is 0.222. The monoisotopic (exact) mass is 340 g/mol. The maximum absolute atomic E-state index is 11.8. The fourth-order valence-corrected chi connectivity index (χ4v) is 3.07. The van der Waals surface area contributed by atoms with Crippen molar-refractivity contribution >= 4 is 35.0 Å². The maximum Gasteiger partial charge on any atom is 0.273 e. The van der Waals surface area contributed by atoms with E-state index in [-0.39, 0.29) is 5.91 Å². The largest absolute Gasteiger partial charge is 0.378 e. The molecule has 0 spiro atoms. The summed E-state index contributed by atoms with van der Waals surface area (Å²) in [6, 6.07) is 10.5. The Kier molecular flexibility index (Phi) is 4.15. The molecule has 0 unspecified atom stereocenters. The molecule has 1 fully saturated rings. The normalized spacial score (nSPS) is 15.6. The average molecular weight is 340 g/mol. The Labute approximate surface area is 147 Å². The van der Waals surface area contributed by atoms with Crippen molar-refractivity contribution in [3.63, 3.8) is 0 Å². The van der Waals surface area contributed by atoms with Gasteiger partial charge in [-0.2, -0.15) is 0 Å². The SMILES string of the molecule is Cc1cc(/C=C2\NC(=S)NC2=O)c(C)n1-c1ccc(N(C)C)cc1. The van der Waals surface area contributed by atoms with Crippen LogP contribution < -0.4 is 15.5 Å². The molecule has 0 saturated carbocycles. The van der Waals surface area contributed by atoms with Crippen molar-refractivity contribution in [2.24, 2.45) is 0 Å². The number of thiocarbonyl (C=S) groups is 1. The van der Waals surface area contributed by atoms with Gasteiger partial charge in [0.15, 0.2) is 5.11 Å². The lowest BCUT2D eigenvalue weighted by Crippen LogP contribution is -2.21. The summed E-state index contributed by atoms with van der Waals surface area (Å²) in [6.07, 6.45) is 1.83. The van der Waals surface area contributed by atoms with Gasteiger partial charge < -0.3 is 14.8 Å². The second kappa shape index (κ2) is 6.13. The van der Waals surface area contributed by atoms with Gasteiger partial charge in [-0.15, -0.1) is 0 Å². The summed E-state index contributed by atoms with van der Waals surface area (Å²) in [5.41, 5.74) is 5.90. The second-order valence-electron chi connectivity index (χ2n) is 6.04. The molecule has 1 aliphatic rings. The first-order valence-electron chi connectivity index (χ1n) is 7.67. The molecule has 5 nitrogen and oxygen atoms in total. The van der Waals surface area contributed by atoms with Gasteiger partial charge >= 0.3 is 0 Å². The minimum atomic E-state index is -0.194. The summed E-state index contributed by atoms with van der Waals surface area (Å²) in [5.74, 6) is -0.194. The van der Waals surface area contributed by atoms with E-state index < -0.39 is 0 Å². The topological polar surface area (TPSA) is 49.3 Å². The van der Waals surface area contributed by atoms with Crippen LogP contribution >= 0.6 is 12.2 Å². The van der Waals surface area contributed by atoms with Gasteiger partial charge in [0.1, 0.15) is 5.70 Å². The lowest BCUT2D eigenvalue weighted by Gasteiger charge is -2.14. The van der Waals surface area contributed by atoms with Crippen LogP contribution in [0.1, 0.15) is 17.0 Å². The van der Waals surface area contributed by atoms with Gasteiger partial charge in [0.25, 0.3) is 5.91 Å². The van der Waals surface area contributed by atoms with E-state index in [1.807, 2.05) is 27.1 Å². The van der Waals surface area contributed by atoms with Crippen LogP contribution in [0.2, 0.25) is 0 Å². The molecule has 6 heteroatoms. The molecule has 0 atom stereocenters. The van der Waals surface area contributed by atoms with Crippen LogP contribution in [0, 0.1) is 13.8 Å². The summed E-state index contributed by atoms with van der Waals surface area (Å²) >= 11 is 4.97. The van der Waals surface area contributed by atoms with E-state index in [9.17, 15) is 4.79 Å². The molecule has 1 amide bonds. The van der Waals surface area contributed by atoms with Gasteiger partial charge in [0.2, 0.25) is 0 Å². The lowest BCUT2D eigenvalue weighted by molar-refractivity contribution is -0.115. The number of amides is 1. The molecular formula is C18H20N4OS. The first kappa shape index (κ1) is 16.3. The number of nitrogens with one attached hydrogen (secondary N) is 2. The standard InChI is InChI=1S/C18H20N4OS/c1-11-9-13(10-16-17(23)20-18(24)19-16)12(2)22(11)15-7-5-14(6-8-15)21(3)4/h5-10H,1-4H3,(H2,19,20,23,24)/b16-10-. The third-order valence-electron chi connectivity index (χ3n) is 4.11. The summed E-state index contributed by atoms with van der Waals surface area (Å²) < 4.78 is 2.18. The molecule has 1 aromatic heterocycles. The second-order valence-corrected chi connectivity index (χ2v) is 6.45. The number of carbonyl (C=O) groups excluding carboxylic acids is 1. The van der Waals surface area contributed by atoms with Gasteiger partial charge in [-0.05, 0) is 68.0 Å². The van der Waals surface area contributed by atoms with Crippen LogP contribution in [-0.2, 0) is 4.79 Å². The summed E-state index contributed by atoms with van der Waals surface area (Å²) in [7, 11) is 4.05. The molecule has 1 aliphatic heterocycles. The Balaban J connectivity index is 1.99. The highest BCUT2D eigenvalue weighted by atomic mass is 32.1. The van der Waals surface area contributed by atoms with E-state index in [1.165, 1.54) is 0 Å². The third kappa shape index (κ3) is 2.92. The van der Waals surface area contributed by atoms with Crippen LogP contribution in [0.5, 0.6) is 0 Å². The van der Waals surface area contributed by atoms with Crippen LogP contribution in [0.25, 0.3) is 11.8 Å². The van der Waals surface area contributed by atoms with Crippen molar-refractivity contribution in [2.75, 3.05) is 19.0 Å². The fourth-order valence-electron chi connectivity index (χ4n) is 2.87. The molecule has 0 aliphatic carbocycles. The Bertz CT molecular complexity index is 847. The Morgan fingerprint density at radius 3 is 2.33 bits per heavy atom. The first-order valence-corrected chi connectivity index (χ1v) is 8.08. The summed E-state index contributed by atoms with van der Waals surface area (Å²) in [4.78, 5) is 13.9. The highest BCUT2D eigenvalue weighted by molar-refractivity contribution is 7.80. The zero-order valence-electron chi connectivity index (χ0n) is 14.2. The molecule has 0 radical (unpaired) electrons. The number of rotatable bonds is 3. The first-order chi connectivity index (χ1) is 11.4. The quantitative estimate of drug-likeness (QED) is 0.666. The van der Waals surface area contributed by atoms with E-state index >= 15 is 0 Å². The van der Waals surface area contributed by atoms with Crippen LogP contribution in [-0.4, -0.2) is 29.7 Å². The molecule has 24 heavy (non-hydrogen) atoms. The van der Waals surface area contributed by atoms with Crippen LogP contribution in [0.3, 0.4) is 0 Å². The van der Waals surface area contributed by atoms with Gasteiger partial charge in [0.05, 0.1) is 0 Å². The van der Waals surface area contributed by atoms with Gasteiger partial charge in [-0.25, -0.2) is 0 Å². The molecule has 124 valence electrons.